The number of carbonyl (C=O) groups is 1. The summed E-state index contributed by atoms with van der Waals surface area (Å²) in [5.41, 5.74) is -0.419. The molecule has 0 spiro atoms. The van der Waals surface area contributed by atoms with Crippen molar-refractivity contribution in [3.8, 4) is 6.07 Å². The predicted octanol–water partition coefficient (Wildman–Crippen LogP) is 2.16. The molecule has 0 aliphatic carbocycles. The fraction of sp³-hybridized carbons (Fsp3) is 0. The first-order valence-electron chi connectivity index (χ1n) is 3.19. The summed E-state index contributed by atoms with van der Waals surface area (Å²) in [6.07, 6.45) is 0. The van der Waals surface area contributed by atoms with Gasteiger partial charge in [-0.15, -0.1) is 0 Å². The van der Waals surface area contributed by atoms with Crippen LogP contribution < -0.4 is 0 Å². The van der Waals surface area contributed by atoms with Gasteiger partial charge in [0.05, 0.1) is 10.0 Å². The standard InChI is InChI=1S/C8H3BrFNO2/c9-7-4(3-11)1-2-5(10)6(7)8(12)13/h1-2H,(H,12,13). The van der Waals surface area contributed by atoms with Crippen molar-refractivity contribution in [3.05, 3.63) is 33.5 Å². The van der Waals surface area contributed by atoms with E-state index in [-0.39, 0.29) is 10.0 Å². The lowest BCUT2D eigenvalue weighted by Gasteiger charge is -2.01. The SMILES string of the molecule is N#Cc1ccc(F)c(C(=O)O)c1Br. The van der Waals surface area contributed by atoms with Crippen molar-refractivity contribution in [1.29, 1.82) is 5.26 Å². The van der Waals surface area contributed by atoms with Gasteiger partial charge in [-0.2, -0.15) is 5.26 Å². The summed E-state index contributed by atoms with van der Waals surface area (Å²) in [7, 11) is 0. The number of rotatable bonds is 1. The van der Waals surface area contributed by atoms with Crippen LogP contribution in [-0.2, 0) is 0 Å². The highest BCUT2D eigenvalue weighted by Gasteiger charge is 2.17. The molecule has 3 nitrogen and oxygen atoms in total. The minimum absolute atomic E-state index is 0.0255. The molecule has 1 aromatic rings. The Morgan fingerprint density at radius 3 is 2.69 bits per heavy atom. The van der Waals surface area contributed by atoms with Crippen LogP contribution in [0.15, 0.2) is 16.6 Å². The van der Waals surface area contributed by atoms with Crippen LogP contribution in [0.25, 0.3) is 0 Å². The van der Waals surface area contributed by atoms with Gasteiger partial charge in [-0.25, -0.2) is 9.18 Å². The van der Waals surface area contributed by atoms with Crippen molar-refractivity contribution in [2.45, 2.75) is 0 Å². The third-order valence-electron chi connectivity index (χ3n) is 1.43. The van der Waals surface area contributed by atoms with Crippen molar-refractivity contribution in [3.63, 3.8) is 0 Å². The minimum atomic E-state index is -1.40. The highest BCUT2D eigenvalue weighted by atomic mass is 79.9. The van der Waals surface area contributed by atoms with Crippen molar-refractivity contribution >= 4 is 21.9 Å². The Hall–Kier alpha value is -1.41. The highest BCUT2D eigenvalue weighted by molar-refractivity contribution is 9.10. The first kappa shape index (κ1) is 9.68. The summed E-state index contributed by atoms with van der Waals surface area (Å²) in [6.45, 7) is 0. The van der Waals surface area contributed by atoms with E-state index in [2.05, 4.69) is 15.9 Å². The minimum Gasteiger partial charge on any atom is -0.478 e. The Morgan fingerprint density at radius 1 is 1.62 bits per heavy atom. The Kier molecular flexibility index (Phi) is 2.63. The van der Waals surface area contributed by atoms with E-state index in [0.29, 0.717) is 0 Å². The van der Waals surface area contributed by atoms with E-state index < -0.39 is 17.3 Å². The summed E-state index contributed by atoms with van der Waals surface area (Å²) in [5, 5.41) is 17.1. The van der Waals surface area contributed by atoms with Crippen LogP contribution in [0.4, 0.5) is 4.39 Å². The Morgan fingerprint density at radius 2 is 2.23 bits per heavy atom. The molecule has 1 rings (SSSR count). The van der Waals surface area contributed by atoms with Gasteiger partial charge in [-0.05, 0) is 28.1 Å². The van der Waals surface area contributed by atoms with E-state index in [1.54, 1.807) is 6.07 Å². The van der Waals surface area contributed by atoms with Gasteiger partial charge in [0.25, 0.3) is 0 Å². The van der Waals surface area contributed by atoms with Gasteiger partial charge in [0, 0.05) is 0 Å². The summed E-state index contributed by atoms with van der Waals surface area (Å²) < 4.78 is 12.9. The third-order valence-corrected chi connectivity index (χ3v) is 2.25. The number of aromatic carboxylic acids is 1. The number of benzene rings is 1. The van der Waals surface area contributed by atoms with Crippen LogP contribution in [0.1, 0.15) is 15.9 Å². The van der Waals surface area contributed by atoms with E-state index in [1.807, 2.05) is 0 Å². The molecule has 0 unspecified atom stereocenters. The molecule has 0 saturated carbocycles. The zero-order valence-corrected chi connectivity index (χ0v) is 7.80. The molecular formula is C8H3BrFNO2. The maximum absolute atomic E-state index is 12.9. The molecule has 0 saturated heterocycles. The van der Waals surface area contributed by atoms with E-state index in [4.69, 9.17) is 10.4 Å². The molecular weight excluding hydrogens is 241 g/mol. The van der Waals surface area contributed by atoms with Crippen LogP contribution in [0.2, 0.25) is 0 Å². The maximum Gasteiger partial charge on any atom is 0.339 e. The number of nitriles is 1. The van der Waals surface area contributed by atoms with Gasteiger partial charge in [0.15, 0.2) is 0 Å². The molecule has 1 aromatic carbocycles. The lowest BCUT2D eigenvalue weighted by Crippen LogP contribution is -2.03. The molecule has 0 fully saturated rings. The average molecular weight is 244 g/mol. The van der Waals surface area contributed by atoms with E-state index >= 15 is 0 Å². The molecule has 0 bridgehead atoms. The van der Waals surface area contributed by atoms with Crippen LogP contribution in [0.3, 0.4) is 0 Å². The number of carboxylic acid groups (broad SMARTS) is 1. The zero-order chi connectivity index (χ0) is 10.0. The largest absolute Gasteiger partial charge is 0.478 e. The van der Waals surface area contributed by atoms with Gasteiger partial charge in [-0.1, -0.05) is 0 Å². The summed E-state index contributed by atoms with van der Waals surface area (Å²) >= 11 is 2.85. The second kappa shape index (κ2) is 3.54. The van der Waals surface area contributed by atoms with Crippen molar-refractivity contribution in [2.24, 2.45) is 0 Å². The molecule has 0 radical (unpaired) electrons. The average Bonchev–Trinajstić information content (AvgIpc) is 2.04. The first-order valence-corrected chi connectivity index (χ1v) is 3.98. The van der Waals surface area contributed by atoms with Gasteiger partial charge in [0.2, 0.25) is 0 Å². The molecule has 0 amide bonds. The van der Waals surface area contributed by atoms with E-state index in [1.165, 1.54) is 6.07 Å². The molecule has 0 aromatic heterocycles. The second-order valence-corrected chi connectivity index (χ2v) is 2.99. The van der Waals surface area contributed by atoms with Gasteiger partial charge in [0.1, 0.15) is 17.4 Å². The van der Waals surface area contributed by atoms with Gasteiger partial charge < -0.3 is 5.11 Å². The molecule has 66 valence electrons. The van der Waals surface area contributed by atoms with Crippen LogP contribution in [-0.4, -0.2) is 11.1 Å². The quantitative estimate of drug-likeness (QED) is 0.823. The molecule has 5 heteroatoms. The molecule has 0 heterocycles. The number of hydrogen-bond acceptors (Lipinski definition) is 2. The second-order valence-electron chi connectivity index (χ2n) is 2.20. The normalized spacial score (nSPS) is 9.31. The predicted molar refractivity (Wildman–Crippen MR) is 45.8 cm³/mol. The number of carboxylic acids is 1. The lowest BCUT2D eigenvalue weighted by atomic mass is 10.1. The fourth-order valence-electron chi connectivity index (χ4n) is 0.835. The Balaban J connectivity index is 3.50. The van der Waals surface area contributed by atoms with Gasteiger partial charge in [-0.3, -0.25) is 0 Å². The summed E-state index contributed by atoms with van der Waals surface area (Å²) in [4.78, 5) is 10.5. The Bertz CT molecular complexity index is 411. The van der Waals surface area contributed by atoms with E-state index in [0.717, 1.165) is 6.07 Å². The summed E-state index contributed by atoms with van der Waals surface area (Å²) in [6, 6.07) is 3.91. The molecule has 13 heavy (non-hydrogen) atoms. The summed E-state index contributed by atoms with van der Waals surface area (Å²) in [5.74, 6) is -2.26. The van der Waals surface area contributed by atoms with E-state index in [9.17, 15) is 9.18 Å². The maximum atomic E-state index is 12.9. The van der Waals surface area contributed by atoms with Crippen LogP contribution in [0.5, 0.6) is 0 Å². The smallest absolute Gasteiger partial charge is 0.339 e. The topological polar surface area (TPSA) is 61.1 Å². The molecule has 0 aliphatic heterocycles. The monoisotopic (exact) mass is 243 g/mol. The first-order chi connectivity index (χ1) is 6.07. The highest BCUT2D eigenvalue weighted by Crippen LogP contribution is 2.23. The zero-order valence-electron chi connectivity index (χ0n) is 6.21. The number of nitrogens with zero attached hydrogens (tertiary/aromatic N) is 1. The number of halogens is 2. The lowest BCUT2D eigenvalue weighted by molar-refractivity contribution is 0.0691. The molecule has 1 N–H and O–H groups in total. The molecule has 0 aliphatic rings. The third kappa shape index (κ3) is 1.68. The van der Waals surface area contributed by atoms with Crippen molar-refractivity contribution < 1.29 is 14.3 Å². The van der Waals surface area contributed by atoms with Crippen LogP contribution >= 0.6 is 15.9 Å². The van der Waals surface area contributed by atoms with Crippen molar-refractivity contribution in [1.82, 2.24) is 0 Å². The van der Waals surface area contributed by atoms with Crippen molar-refractivity contribution in [2.75, 3.05) is 0 Å². The van der Waals surface area contributed by atoms with Crippen LogP contribution in [0, 0.1) is 17.1 Å². The fourth-order valence-corrected chi connectivity index (χ4v) is 1.41. The Labute approximate surface area is 81.5 Å². The molecule has 0 atom stereocenters. The van der Waals surface area contributed by atoms with Gasteiger partial charge >= 0.3 is 5.97 Å². The number of hydrogen-bond donors (Lipinski definition) is 1.